The number of ether oxygens (including phenoxy) is 1. The van der Waals surface area contributed by atoms with E-state index in [1.807, 2.05) is 13.8 Å². The first-order chi connectivity index (χ1) is 8.15. The number of hydrogen-bond acceptors (Lipinski definition) is 4. The van der Waals surface area contributed by atoms with Gasteiger partial charge in [0.25, 0.3) is 0 Å². The van der Waals surface area contributed by atoms with Gasteiger partial charge in [-0.25, -0.2) is 0 Å². The number of aromatic nitrogens is 2. The number of halogens is 1. The largest absolute Gasteiger partial charge is 0.474 e. The summed E-state index contributed by atoms with van der Waals surface area (Å²) >= 11 is 5.74. The fraction of sp³-hybridized carbons (Fsp3) is 0.667. The molecule has 1 atom stereocenters. The van der Waals surface area contributed by atoms with Crippen LogP contribution in [-0.2, 0) is 0 Å². The second-order valence-corrected chi connectivity index (χ2v) is 4.51. The van der Waals surface area contributed by atoms with E-state index in [-0.39, 0.29) is 6.10 Å². The van der Waals surface area contributed by atoms with Crippen LogP contribution in [0.2, 0.25) is 0 Å². The first kappa shape index (κ1) is 14.0. The lowest BCUT2D eigenvalue weighted by atomic mass is 10.2. The van der Waals surface area contributed by atoms with Crippen LogP contribution in [-0.4, -0.2) is 28.0 Å². The molecule has 17 heavy (non-hydrogen) atoms. The summed E-state index contributed by atoms with van der Waals surface area (Å²) in [6.07, 6.45) is 5.33. The smallest absolute Gasteiger partial charge is 0.234 e. The van der Waals surface area contributed by atoms with Crippen molar-refractivity contribution in [1.82, 2.24) is 9.97 Å². The van der Waals surface area contributed by atoms with E-state index in [0.29, 0.717) is 17.8 Å². The maximum absolute atomic E-state index is 5.74. The van der Waals surface area contributed by atoms with E-state index in [1.165, 1.54) is 0 Å². The number of nitrogens with zero attached hydrogens (tertiary/aromatic N) is 2. The molecule has 0 aliphatic carbocycles. The summed E-state index contributed by atoms with van der Waals surface area (Å²) in [4.78, 5) is 8.45. The molecule has 0 radical (unpaired) electrons. The van der Waals surface area contributed by atoms with Gasteiger partial charge in [0.2, 0.25) is 5.88 Å². The summed E-state index contributed by atoms with van der Waals surface area (Å²) in [6, 6.07) is 0.330. The van der Waals surface area contributed by atoms with Crippen LogP contribution in [0.1, 0.15) is 33.6 Å². The molecular formula is C12H20ClN3O. The van der Waals surface area contributed by atoms with Crippen molar-refractivity contribution in [1.29, 1.82) is 0 Å². The number of hydrogen-bond donors (Lipinski definition) is 1. The summed E-state index contributed by atoms with van der Waals surface area (Å²) in [5.41, 5.74) is 0. The summed E-state index contributed by atoms with van der Waals surface area (Å²) in [5.74, 6) is 1.92. The van der Waals surface area contributed by atoms with Crippen molar-refractivity contribution in [3.8, 4) is 5.88 Å². The van der Waals surface area contributed by atoms with Gasteiger partial charge in [-0.2, -0.15) is 4.98 Å². The molecule has 0 saturated carbocycles. The van der Waals surface area contributed by atoms with Crippen LogP contribution in [0.3, 0.4) is 0 Å². The molecule has 0 aliphatic rings. The third kappa shape index (κ3) is 5.22. The first-order valence-electron chi connectivity index (χ1n) is 5.97. The highest BCUT2D eigenvalue weighted by atomic mass is 35.5. The van der Waals surface area contributed by atoms with Crippen molar-refractivity contribution < 1.29 is 4.74 Å². The molecule has 1 aromatic heterocycles. The highest BCUT2D eigenvalue weighted by Gasteiger charge is 2.07. The summed E-state index contributed by atoms with van der Waals surface area (Å²) in [7, 11) is 0. The molecule has 1 N–H and O–H groups in total. The van der Waals surface area contributed by atoms with Crippen molar-refractivity contribution in [2.24, 2.45) is 0 Å². The number of anilines is 1. The predicted octanol–water partition coefficient (Wildman–Crippen LogP) is 3.08. The predicted molar refractivity (Wildman–Crippen MR) is 70.8 cm³/mol. The molecule has 1 aromatic rings. The van der Waals surface area contributed by atoms with Crippen molar-refractivity contribution >= 4 is 17.4 Å². The van der Waals surface area contributed by atoms with Crippen LogP contribution in [0.25, 0.3) is 0 Å². The molecular weight excluding hydrogens is 238 g/mol. The molecule has 0 spiro atoms. The maximum Gasteiger partial charge on any atom is 0.234 e. The summed E-state index contributed by atoms with van der Waals surface area (Å²) in [6.45, 7) is 6.04. The minimum atomic E-state index is 0.101. The van der Waals surface area contributed by atoms with Gasteiger partial charge in [0.05, 0.1) is 18.5 Å². The van der Waals surface area contributed by atoms with Gasteiger partial charge < -0.3 is 10.1 Å². The highest BCUT2D eigenvalue weighted by molar-refractivity contribution is 6.17. The van der Waals surface area contributed by atoms with Crippen LogP contribution in [0.5, 0.6) is 5.88 Å². The first-order valence-corrected chi connectivity index (χ1v) is 6.50. The quantitative estimate of drug-likeness (QED) is 0.763. The molecule has 1 unspecified atom stereocenters. The lowest BCUT2D eigenvalue weighted by molar-refractivity contribution is 0.232. The highest BCUT2D eigenvalue weighted by Crippen LogP contribution is 2.13. The topological polar surface area (TPSA) is 47.0 Å². The van der Waals surface area contributed by atoms with Crippen LogP contribution in [0, 0.1) is 0 Å². The van der Waals surface area contributed by atoms with Gasteiger partial charge in [0.1, 0.15) is 5.82 Å². The Morgan fingerprint density at radius 3 is 2.76 bits per heavy atom. The van der Waals surface area contributed by atoms with Crippen molar-refractivity contribution in [3.63, 3.8) is 0 Å². The normalized spacial score (nSPS) is 12.5. The van der Waals surface area contributed by atoms with E-state index >= 15 is 0 Å². The van der Waals surface area contributed by atoms with Crippen molar-refractivity contribution in [3.05, 3.63) is 12.4 Å². The van der Waals surface area contributed by atoms with E-state index in [1.54, 1.807) is 12.4 Å². The zero-order valence-electron chi connectivity index (χ0n) is 10.6. The Morgan fingerprint density at radius 2 is 2.18 bits per heavy atom. The fourth-order valence-electron chi connectivity index (χ4n) is 1.44. The van der Waals surface area contributed by atoms with Crippen molar-refractivity contribution in [2.45, 2.75) is 45.8 Å². The van der Waals surface area contributed by atoms with Crippen LogP contribution < -0.4 is 10.1 Å². The number of nitrogens with one attached hydrogen (secondary N) is 1. The average molecular weight is 258 g/mol. The second-order valence-electron chi connectivity index (χ2n) is 4.14. The van der Waals surface area contributed by atoms with Gasteiger partial charge in [-0.3, -0.25) is 4.98 Å². The zero-order valence-corrected chi connectivity index (χ0v) is 11.4. The Labute approximate surface area is 108 Å². The molecule has 0 aromatic carbocycles. The van der Waals surface area contributed by atoms with Gasteiger partial charge in [-0.15, -0.1) is 11.6 Å². The zero-order chi connectivity index (χ0) is 12.7. The van der Waals surface area contributed by atoms with Crippen LogP contribution in [0.4, 0.5) is 5.82 Å². The third-order valence-electron chi connectivity index (χ3n) is 2.27. The SMILES string of the molecule is CCC(CCCl)Nc1cncc(OC(C)C)n1. The van der Waals surface area contributed by atoms with E-state index in [2.05, 4.69) is 22.2 Å². The molecule has 1 rings (SSSR count). The van der Waals surface area contributed by atoms with Gasteiger partial charge in [0, 0.05) is 11.9 Å². The van der Waals surface area contributed by atoms with E-state index in [4.69, 9.17) is 16.3 Å². The minimum Gasteiger partial charge on any atom is -0.474 e. The Morgan fingerprint density at radius 1 is 1.41 bits per heavy atom. The van der Waals surface area contributed by atoms with Gasteiger partial charge in [-0.1, -0.05) is 6.92 Å². The summed E-state index contributed by atoms with van der Waals surface area (Å²) < 4.78 is 5.49. The van der Waals surface area contributed by atoms with Gasteiger partial charge in [-0.05, 0) is 26.7 Å². The third-order valence-corrected chi connectivity index (χ3v) is 2.49. The van der Waals surface area contributed by atoms with E-state index in [0.717, 1.165) is 18.7 Å². The molecule has 0 aliphatic heterocycles. The average Bonchev–Trinajstić information content (AvgIpc) is 2.28. The number of rotatable bonds is 7. The van der Waals surface area contributed by atoms with Crippen LogP contribution in [0.15, 0.2) is 12.4 Å². The Bertz CT molecular complexity index is 333. The van der Waals surface area contributed by atoms with E-state index < -0.39 is 0 Å². The molecule has 1 heterocycles. The molecule has 0 amide bonds. The van der Waals surface area contributed by atoms with Crippen LogP contribution >= 0.6 is 11.6 Å². The fourth-order valence-corrected chi connectivity index (χ4v) is 1.70. The Kier molecular flexibility index (Phi) is 6.05. The molecule has 0 fully saturated rings. The molecule has 0 saturated heterocycles. The van der Waals surface area contributed by atoms with Gasteiger partial charge >= 0.3 is 0 Å². The lowest BCUT2D eigenvalue weighted by Crippen LogP contribution is -2.20. The monoisotopic (exact) mass is 257 g/mol. The molecule has 4 nitrogen and oxygen atoms in total. The Hall–Kier alpha value is -1.03. The van der Waals surface area contributed by atoms with Crippen molar-refractivity contribution in [2.75, 3.05) is 11.2 Å². The molecule has 0 bridgehead atoms. The Balaban J connectivity index is 2.63. The molecule has 5 heteroatoms. The van der Waals surface area contributed by atoms with E-state index in [9.17, 15) is 0 Å². The second kappa shape index (κ2) is 7.33. The maximum atomic E-state index is 5.74. The summed E-state index contributed by atoms with van der Waals surface area (Å²) in [5, 5.41) is 3.31. The number of alkyl halides is 1. The molecule has 96 valence electrons. The lowest BCUT2D eigenvalue weighted by Gasteiger charge is -2.16. The minimum absolute atomic E-state index is 0.101. The van der Waals surface area contributed by atoms with Gasteiger partial charge in [0.15, 0.2) is 0 Å². The standard InChI is InChI=1S/C12H20ClN3O/c1-4-10(5-6-13)15-11-7-14-8-12(16-11)17-9(2)3/h7-10H,4-6H2,1-3H3,(H,15,16).